The Kier molecular flexibility index (Phi) is 24.1. The fourth-order valence-electron chi connectivity index (χ4n) is 4.05. The van der Waals surface area contributed by atoms with Crippen molar-refractivity contribution in [1.82, 2.24) is 4.90 Å². The van der Waals surface area contributed by atoms with Gasteiger partial charge in [-0.1, -0.05) is 179 Å². The first-order chi connectivity index (χ1) is 18.2. The van der Waals surface area contributed by atoms with Gasteiger partial charge in [-0.15, -0.1) is 0 Å². The number of hydrogen-bond donors (Lipinski definition) is 0. The number of nitrogens with zero attached hydrogens (tertiary/aromatic N) is 1. The van der Waals surface area contributed by atoms with Crippen LogP contribution in [0.2, 0.25) is 0 Å². The third-order valence-electron chi connectivity index (χ3n) is 6.65. The number of rotatable bonds is 13. The Morgan fingerprint density at radius 2 is 0.973 bits per heavy atom. The Bertz CT molecular complexity index is 835. The second kappa shape index (κ2) is 25.5. The van der Waals surface area contributed by atoms with E-state index in [1.54, 1.807) is 0 Å². The summed E-state index contributed by atoms with van der Waals surface area (Å²) in [5.41, 5.74) is 2.76. The largest absolute Gasteiger partial charge is 0.307 e. The molecule has 3 aromatic rings. The van der Waals surface area contributed by atoms with Crippen molar-refractivity contribution in [3.05, 3.63) is 83.9 Å². The summed E-state index contributed by atoms with van der Waals surface area (Å²) in [5.74, 6) is 0. The molecular formula is C36H59N. The molecule has 0 aliphatic rings. The van der Waals surface area contributed by atoms with Crippen LogP contribution < -0.4 is 0 Å². The summed E-state index contributed by atoms with van der Waals surface area (Å²) in [7, 11) is 2.11. The van der Waals surface area contributed by atoms with Gasteiger partial charge in [-0.05, 0) is 48.5 Å². The lowest BCUT2D eigenvalue weighted by Gasteiger charge is -2.07. The number of unbranched alkanes of at least 4 members (excludes halogenated alkanes) is 9. The Balaban J connectivity index is 0.000000569. The average Bonchev–Trinajstić information content (AvgIpc) is 2.96. The van der Waals surface area contributed by atoms with Gasteiger partial charge >= 0.3 is 0 Å². The van der Waals surface area contributed by atoms with Gasteiger partial charge in [0.15, 0.2) is 0 Å². The average molecular weight is 506 g/mol. The molecule has 0 aliphatic carbocycles. The zero-order valence-corrected chi connectivity index (χ0v) is 25.6. The van der Waals surface area contributed by atoms with E-state index in [-0.39, 0.29) is 0 Å². The molecule has 3 aromatic carbocycles. The molecule has 0 N–H and O–H groups in total. The maximum Gasteiger partial charge on any atom is -0.00196 e. The second-order valence-electron chi connectivity index (χ2n) is 9.62. The molecule has 0 aromatic heterocycles. The van der Waals surface area contributed by atoms with Crippen LogP contribution in [0.25, 0.3) is 10.8 Å². The molecule has 0 atom stereocenters. The summed E-state index contributed by atoms with van der Waals surface area (Å²) < 4.78 is 0. The lowest BCUT2D eigenvalue weighted by Crippen LogP contribution is -2.15. The summed E-state index contributed by atoms with van der Waals surface area (Å²) in [6.07, 6.45) is 15.4. The molecule has 0 bridgehead atoms. The van der Waals surface area contributed by atoms with Gasteiger partial charge in [-0.2, -0.15) is 0 Å². The molecule has 0 unspecified atom stereocenters. The number of fused-ring (bicyclic) bond motifs is 1. The fraction of sp³-hybridized carbons (Fsp3) is 0.556. The van der Waals surface area contributed by atoms with Crippen LogP contribution in [-0.2, 0) is 6.42 Å². The maximum atomic E-state index is 2.28. The molecule has 3 rings (SSSR count). The zero-order valence-electron chi connectivity index (χ0n) is 25.6. The molecule has 0 radical (unpaired) electrons. The molecule has 0 fully saturated rings. The highest BCUT2D eigenvalue weighted by atomic mass is 15.1. The van der Waals surface area contributed by atoms with Gasteiger partial charge in [0, 0.05) is 0 Å². The van der Waals surface area contributed by atoms with Gasteiger partial charge < -0.3 is 4.90 Å². The van der Waals surface area contributed by atoms with E-state index in [9.17, 15) is 0 Å². The van der Waals surface area contributed by atoms with Crippen molar-refractivity contribution in [3.63, 3.8) is 0 Å². The first-order valence-electron chi connectivity index (χ1n) is 15.3. The summed E-state index contributed by atoms with van der Waals surface area (Å²) in [6.45, 7) is 15.2. The van der Waals surface area contributed by atoms with E-state index in [1.165, 1.54) is 86.1 Å². The molecule has 1 heteroatoms. The fourth-order valence-corrected chi connectivity index (χ4v) is 4.05. The highest BCUT2D eigenvalue weighted by Crippen LogP contribution is 2.21. The van der Waals surface area contributed by atoms with Crippen molar-refractivity contribution in [2.75, 3.05) is 20.1 Å². The molecule has 0 saturated carbocycles. The van der Waals surface area contributed by atoms with E-state index in [0.717, 1.165) is 19.5 Å². The summed E-state index contributed by atoms with van der Waals surface area (Å²) in [5, 5.41) is 2.68. The van der Waals surface area contributed by atoms with Crippen molar-refractivity contribution in [2.24, 2.45) is 0 Å². The van der Waals surface area contributed by atoms with Crippen LogP contribution in [0, 0.1) is 0 Å². The molecule has 0 saturated heterocycles. The van der Waals surface area contributed by atoms with Crippen LogP contribution >= 0.6 is 0 Å². The summed E-state index contributed by atoms with van der Waals surface area (Å²) in [6, 6.07) is 25.7. The van der Waals surface area contributed by atoms with Gasteiger partial charge in [0.2, 0.25) is 0 Å². The first-order valence-corrected chi connectivity index (χ1v) is 15.3. The van der Waals surface area contributed by atoms with Gasteiger partial charge in [0.05, 0.1) is 0 Å². The lowest BCUT2D eigenvalue weighted by molar-refractivity contribution is 0.373. The summed E-state index contributed by atoms with van der Waals surface area (Å²) in [4.78, 5) is 2.25. The minimum Gasteiger partial charge on any atom is -0.307 e. The van der Waals surface area contributed by atoms with Gasteiger partial charge in [0.25, 0.3) is 0 Å². The third-order valence-corrected chi connectivity index (χ3v) is 6.65. The molecule has 1 nitrogen and oxygen atoms in total. The number of benzene rings is 3. The Labute approximate surface area is 231 Å². The quantitative estimate of drug-likeness (QED) is 0.209. The minimum atomic E-state index is 1.00. The van der Waals surface area contributed by atoms with Crippen LogP contribution in [-0.4, -0.2) is 25.0 Å². The Morgan fingerprint density at radius 1 is 0.514 bits per heavy atom. The van der Waals surface area contributed by atoms with E-state index >= 15 is 0 Å². The maximum absolute atomic E-state index is 2.28. The SMILES string of the molecule is CC.CCCCCCCCCCCC.CCN(C)CC.c1ccc(Cc2cccc3ccccc23)cc1. The van der Waals surface area contributed by atoms with E-state index in [0.29, 0.717) is 0 Å². The van der Waals surface area contributed by atoms with Crippen molar-refractivity contribution in [3.8, 4) is 0 Å². The van der Waals surface area contributed by atoms with Crippen molar-refractivity contribution < 1.29 is 0 Å². The molecule has 0 spiro atoms. The Morgan fingerprint density at radius 3 is 1.46 bits per heavy atom. The predicted molar refractivity (Wildman–Crippen MR) is 171 cm³/mol. The van der Waals surface area contributed by atoms with E-state index in [2.05, 4.69) is 112 Å². The highest BCUT2D eigenvalue weighted by Gasteiger charge is 2.00. The normalized spacial score (nSPS) is 10.1. The predicted octanol–water partition coefficient (Wildman–Crippen LogP) is 11.3. The van der Waals surface area contributed by atoms with Crippen LogP contribution in [0.5, 0.6) is 0 Å². The molecule has 208 valence electrons. The lowest BCUT2D eigenvalue weighted by atomic mass is 9.99. The van der Waals surface area contributed by atoms with E-state index < -0.39 is 0 Å². The minimum absolute atomic E-state index is 1.00. The topological polar surface area (TPSA) is 3.24 Å². The molecule has 37 heavy (non-hydrogen) atoms. The standard InChI is InChI=1S/C17H14.C12H26.C5H13N.C2H6/c1-2-7-14(8-3-1)13-16-11-6-10-15-9-4-5-12-17(15)16;1-3-5-7-9-11-12-10-8-6-4-2;1-4-6(3)5-2;1-2/h1-12H,13H2;3-12H2,1-2H3;4-5H2,1-3H3;1-2H3. The first kappa shape index (κ1) is 34.9. The van der Waals surface area contributed by atoms with E-state index in [1.807, 2.05) is 13.8 Å². The van der Waals surface area contributed by atoms with Gasteiger partial charge in [0.1, 0.15) is 0 Å². The van der Waals surface area contributed by atoms with Gasteiger partial charge in [-0.3, -0.25) is 0 Å². The second-order valence-corrected chi connectivity index (χ2v) is 9.62. The monoisotopic (exact) mass is 505 g/mol. The molecule has 0 amide bonds. The van der Waals surface area contributed by atoms with Crippen LogP contribution in [0.15, 0.2) is 72.8 Å². The van der Waals surface area contributed by atoms with Crippen LogP contribution in [0.4, 0.5) is 0 Å². The van der Waals surface area contributed by atoms with Crippen molar-refractivity contribution in [2.45, 2.75) is 112 Å². The van der Waals surface area contributed by atoms with Crippen LogP contribution in [0.3, 0.4) is 0 Å². The van der Waals surface area contributed by atoms with Gasteiger partial charge in [-0.25, -0.2) is 0 Å². The summed E-state index contributed by atoms with van der Waals surface area (Å²) >= 11 is 0. The molecular weight excluding hydrogens is 446 g/mol. The van der Waals surface area contributed by atoms with Crippen LogP contribution in [0.1, 0.15) is 117 Å². The van der Waals surface area contributed by atoms with Crippen molar-refractivity contribution >= 4 is 10.8 Å². The zero-order chi connectivity index (χ0) is 27.6. The highest BCUT2D eigenvalue weighted by molar-refractivity contribution is 5.85. The molecule has 0 heterocycles. The number of hydrogen-bond acceptors (Lipinski definition) is 1. The Hall–Kier alpha value is -2.12. The van der Waals surface area contributed by atoms with Crippen molar-refractivity contribution in [1.29, 1.82) is 0 Å². The third kappa shape index (κ3) is 17.9. The molecule has 0 aliphatic heterocycles. The van der Waals surface area contributed by atoms with E-state index in [4.69, 9.17) is 0 Å². The smallest absolute Gasteiger partial charge is 0.00196 e.